The van der Waals surface area contributed by atoms with Crippen molar-refractivity contribution >= 4 is 23.2 Å². The van der Waals surface area contributed by atoms with Crippen molar-refractivity contribution in [2.75, 3.05) is 33.4 Å². The summed E-state index contributed by atoms with van der Waals surface area (Å²) < 4.78 is 5.25. The Morgan fingerprint density at radius 2 is 2.21 bits per heavy atom. The third kappa shape index (κ3) is 3.58. The molecule has 0 radical (unpaired) electrons. The Bertz CT molecular complexity index is 450. The summed E-state index contributed by atoms with van der Waals surface area (Å²) in [5.41, 5.74) is 2.91. The molecule has 0 unspecified atom stereocenters. The van der Waals surface area contributed by atoms with Crippen molar-refractivity contribution in [2.24, 2.45) is 0 Å². The van der Waals surface area contributed by atoms with Gasteiger partial charge in [-0.1, -0.05) is 0 Å². The van der Waals surface area contributed by atoms with Gasteiger partial charge >= 0.3 is 0 Å². The summed E-state index contributed by atoms with van der Waals surface area (Å²) in [6, 6.07) is 0. The molecule has 1 aliphatic rings. The summed E-state index contributed by atoms with van der Waals surface area (Å²) in [6.07, 6.45) is 4.38. The Balaban J connectivity index is 1.91. The van der Waals surface area contributed by atoms with E-state index in [1.54, 1.807) is 7.05 Å². The Kier molecular flexibility index (Phi) is 4.58. The van der Waals surface area contributed by atoms with E-state index >= 15 is 0 Å². The maximum atomic E-state index is 11.9. The molecule has 0 aliphatic carbocycles. The van der Waals surface area contributed by atoms with E-state index in [9.17, 15) is 4.79 Å². The highest BCUT2D eigenvalue weighted by Gasteiger charge is 2.18. The van der Waals surface area contributed by atoms with Crippen LogP contribution in [0, 0.1) is 0 Å². The molecule has 0 aromatic carbocycles. The average Bonchev–Trinajstić information content (AvgIpc) is 2.48. The van der Waals surface area contributed by atoms with Crippen LogP contribution in [-0.4, -0.2) is 64.2 Å². The van der Waals surface area contributed by atoms with Gasteiger partial charge in [-0.05, 0) is 12.2 Å². The maximum absolute atomic E-state index is 11.9. The molecule has 1 amide bonds. The summed E-state index contributed by atoms with van der Waals surface area (Å²) in [6.45, 7) is 2.74. The molecule has 1 aliphatic heterocycles. The Morgan fingerprint density at radius 3 is 2.84 bits per heavy atom. The van der Waals surface area contributed by atoms with Crippen LogP contribution in [-0.2, 0) is 4.74 Å². The van der Waals surface area contributed by atoms with Gasteiger partial charge in [0.05, 0.1) is 19.4 Å². The van der Waals surface area contributed by atoms with Gasteiger partial charge in [-0.15, -0.1) is 0 Å². The molecule has 0 saturated carbocycles. The SMILES string of the molecule is CN(NC(=O)c1cnccn1)C(=S)N1CCOCC1. The number of nitrogens with zero attached hydrogens (tertiary/aromatic N) is 4. The molecule has 0 bridgehead atoms. The molecule has 1 aromatic rings. The summed E-state index contributed by atoms with van der Waals surface area (Å²) in [7, 11) is 1.70. The van der Waals surface area contributed by atoms with Crippen LogP contribution in [0.5, 0.6) is 0 Å². The molecule has 1 N–H and O–H groups in total. The first-order chi connectivity index (χ1) is 9.18. The highest BCUT2D eigenvalue weighted by Crippen LogP contribution is 2.01. The first-order valence-electron chi connectivity index (χ1n) is 5.86. The first kappa shape index (κ1) is 13.6. The molecule has 7 nitrogen and oxygen atoms in total. The summed E-state index contributed by atoms with van der Waals surface area (Å²) in [5, 5.41) is 2.07. The highest BCUT2D eigenvalue weighted by atomic mass is 32.1. The lowest BCUT2D eigenvalue weighted by Gasteiger charge is -2.33. The molecule has 8 heteroatoms. The molecule has 2 rings (SSSR count). The number of amides is 1. The normalized spacial score (nSPS) is 14.9. The third-order valence-electron chi connectivity index (χ3n) is 2.63. The van der Waals surface area contributed by atoms with Gasteiger partial charge in [-0.3, -0.25) is 20.2 Å². The van der Waals surface area contributed by atoms with Crippen molar-refractivity contribution in [1.82, 2.24) is 25.3 Å². The van der Waals surface area contributed by atoms with Crippen LogP contribution in [0.2, 0.25) is 0 Å². The minimum atomic E-state index is -0.341. The molecule has 1 aromatic heterocycles. The van der Waals surface area contributed by atoms with Gasteiger partial charge in [0.1, 0.15) is 5.69 Å². The van der Waals surface area contributed by atoms with Crippen LogP contribution in [0.4, 0.5) is 0 Å². The summed E-state index contributed by atoms with van der Waals surface area (Å²) >= 11 is 5.31. The van der Waals surface area contributed by atoms with Gasteiger partial charge in [0.15, 0.2) is 5.11 Å². The zero-order chi connectivity index (χ0) is 13.7. The van der Waals surface area contributed by atoms with E-state index < -0.39 is 0 Å². The van der Waals surface area contributed by atoms with Crippen molar-refractivity contribution in [2.45, 2.75) is 0 Å². The van der Waals surface area contributed by atoms with Gasteiger partial charge in [0.25, 0.3) is 5.91 Å². The van der Waals surface area contributed by atoms with Crippen LogP contribution >= 0.6 is 12.2 Å². The third-order valence-corrected chi connectivity index (χ3v) is 3.17. The first-order valence-corrected chi connectivity index (χ1v) is 6.26. The number of carbonyl (C=O) groups is 1. The van der Waals surface area contributed by atoms with Crippen LogP contribution in [0.15, 0.2) is 18.6 Å². The number of ether oxygens (including phenoxy) is 1. The van der Waals surface area contributed by atoms with Gasteiger partial charge in [0.2, 0.25) is 0 Å². The lowest BCUT2D eigenvalue weighted by molar-refractivity contribution is 0.0615. The van der Waals surface area contributed by atoms with E-state index in [1.165, 1.54) is 23.6 Å². The second-order valence-corrected chi connectivity index (χ2v) is 4.34. The number of carbonyl (C=O) groups excluding carboxylic acids is 1. The number of nitrogens with one attached hydrogen (secondary N) is 1. The van der Waals surface area contributed by atoms with E-state index in [4.69, 9.17) is 17.0 Å². The molecule has 1 saturated heterocycles. The van der Waals surface area contributed by atoms with E-state index in [0.717, 1.165) is 13.1 Å². The van der Waals surface area contributed by atoms with E-state index in [0.29, 0.717) is 18.3 Å². The standard InChI is InChI=1S/C11H15N5O2S/c1-15(11(19)16-4-6-18-7-5-16)14-10(17)9-8-12-2-3-13-9/h2-3,8H,4-7H2,1H3,(H,14,17). The fraction of sp³-hybridized carbons (Fsp3) is 0.455. The van der Waals surface area contributed by atoms with E-state index in [-0.39, 0.29) is 11.6 Å². The molecular formula is C11H15N5O2S. The van der Waals surface area contributed by atoms with Crippen molar-refractivity contribution in [3.8, 4) is 0 Å². The van der Waals surface area contributed by atoms with E-state index in [2.05, 4.69) is 15.4 Å². The number of hydrazine groups is 1. The Hall–Kier alpha value is -1.80. The van der Waals surface area contributed by atoms with Crippen molar-refractivity contribution in [3.63, 3.8) is 0 Å². The van der Waals surface area contributed by atoms with Crippen molar-refractivity contribution in [3.05, 3.63) is 24.3 Å². The zero-order valence-electron chi connectivity index (χ0n) is 10.6. The predicted molar refractivity (Wildman–Crippen MR) is 72.3 cm³/mol. The maximum Gasteiger partial charge on any atom is 0.290 e. The molecule has 0 spiro atoms. The number of hydrogen-bond acceptors (Lipinski definition) is 5. The highest BCUT2D eigenvalue weighted by molar-refractivity contribution is 7.80. The van der Waals surface area contributed by atoms with Gasteiger partial charge < -0.3 is 9.64 Å². The number of thiocarbonyl (C=S) groups is 1. The van der Waals surface area contributed by atoms with Crippen molar-refractivity contribution < 1.29 is 9.53 Å². The van der Waals surface area contributed by atoms with Gasteiger partial charge in [-0.2, -0.15) is 0 Å². The van der Waals surface area contributed by atoms with Crippen LogP contribution in [0.3, 0.4) is 0 Å². The minimum Gasteiger partial charge on any atom is -0.378 e. The smallest absolute Gasteiger partial charge is 0.290 e. The topological polar surface area (TPSA) is 70.6 Å². The van der Waals surface area contributed by atoms with Crippen LogP contribution < -0.4 is 5.43 Å². The van der Waals surface area contributed by atoms with Gasteiger partial charge in [0, 0.05) is 32.5 Å². The number of rotatable bonds is 1. The monoisotopic (exact) mass is 281 g/mol. The lowest BCUT2D eigenvalue weighted by Crippen LogP contribution is -2.52. The number of morpholine rings is 1. The van der Waals surface area contributed by atoms with Crippen molar-refractivity contribution in [1.29, 1.82) is 0 Å². The molecule has 1 fully saturated rings. The minimum absolute atomic E-state index is 0.249. The Morgan fingerprint density at radius 1 is 1.47 bits per heavy atom. The fourth-order valence-corrected chi connectivity index (χ4v) is 1.87. The number of aromatic nitrogens is 2. The summed E-state index contributed by atoms with van der Waals surface area (Å²) in [4.78, 5) is 21.6. The van der Waals surface area contributed by atoms with Crippen LogP contribution in [0.1, 0.15) is 10.5 Å². The summed E-state index contributed by atoms with van der Waals surface area (Å²) in [5.74, 6) is -0.341. The Labute approximate surface area is 116 Å². The fourth-order valence-electron chi connectivity index (χ4n) is 1.64. The molecule has 2 heterocycles. The second-order valence-electron chi connectivity index (χ2n) is 3.97. The quantitative estimate of drug-likeness (QED) is 0.558. The molecule has 19 heavy (non-hydrogen) atoms. The lowest BCUT2D eigenvalue weighted by atomic mass is 10.4. The average molecular weight is 281 g/mol. The molecular weight excluding hydrogens is 266 g/mol. The number of hydrogen-bond donors (Lipinski definition) is 1. The molecule has 102 valence electrons. The predicted octanol–water partition coefficient (Wildman–Crippen LogP) is -0.330. The van der Waals surface area contributed by atoms with E-state index in [1.807, 2.05) is 4.90 Å². The zero-order valence-corrected chi connectivity index (χ0v) is 11.4. The second kappa shape index (κ2) is 6.39. The van der Waals surface area contributed by atoms with Gasteiger partial charge in [-0.25, -0.2) is 4.98 Å². The largest absolute Gasteiger partial charge is 0.378 e. The molecule has 0 atom stereocenters. The van der Waals surface area contributed by atoms with Crippen LogP contribution in [0.25, 0.3) is 0 Å².